The second-order valence-corrected chi connectivity index (χ2v) is 7.79. The fourth-order valence-corrected chi connectivity index (χ4v) is 4.96. The number of halogens is 1. The lowest BCUT2D eigenvalue weighted by molar-refractivity contribution is 0.0937. The Labute approximate surface area is 150 Å². The van der Waals surface area contributed by atoms with Gasteiger partial charge in [-0.3, -0.25) is 4.79 Å². The number of thiophene rings is 1. The molecular weight excluding hydrogens is 338 g/mol. The topological polar surface area (TPSA) is 29.1 Å². The van der Waals surface area contributed by atoms with Crippen LogP contribution in [0, 0.1) is 6.92 Å². The number of fused-ring (bicyclic) bond motifs is 2. The third kappa shape index (κ3) is 2.72. The van der Waals surface area contributed by atoms with Gasteiger partial charge in [0, 0.05) is 10.1 Å². The van der Waals surface area contributed by atoms with Crippen molar-refractivity contribution >= 4 is 38.9 Å². The lowest BCUT2D eigenvalue weighted by atomic mass is 9.88. The molecule has 4 rings (SSSR count). The molecule has 1 amide bonds. The highest BCUT2D eigenvalue weighted by molar-refractivity contribution is 7.21. The molecule has 0 spiro atoms. The largest absolute Gasteiger partial charge is 0.344 e. The maximum absolute atomic E-state index is 12.8. The lowest BCUT2D eigenvalue weighted by Crippen LogP contribution is -2.30. The quantitative estimate of drug-likeness (QED) is 0.630. The first kappa shape index (κ1) is 15.7. The normalized spacial score (nSPS) is 16.8. The molecule has 1 aliphatic rings. The van der Waals surface area contributed by atoms with Crippen molar-refractivity contribution in [3.63, 3.8) is 0 Å². The molecule has 0 radical (unpaired) electrons. The van der Waals surface area contributed by atoms with Crippen LogP contribution in [-0.4, -0.2) is 5.91 Å². The molecule has 2 aromatic carbocycles. The number of amides is 1. The van der Waals surface area contributed by atoms with Gasteiger partial charge in [-0.2, -0.15) is 0 Å². The van der Waals surface area contributed by atoms with Crippen LogP contribution in [0.1, 0.15) is 45.2 Å². The number of nitrogens with one attached hydrogen (secondary N) is 1. The van der Waals surface area contributed by atoms with Crippen LogP contribution >= 0.6 is 22.9 Å². The zero-order chi connectivity index (χ0) is 16.7. The van der Waals surface area contributed by atoms with Crippen molar-refractivity contribution in [3.8, 4) is 0 Å². The number of carbonyl (C=O) groups is 1. The summed E-state index contributed by atoms with van der Waals surface area (Å²) < 4.78 is 1.06. The standard InChI is InChI=1S/C20H18ClNOS/c1-12-9-10-15-17(11-12)24-19(18(15)21)20(23)22-16-8-4-6-13-5-2-3-7-14(13)16/h2-3,5,7,9-11,16H,4,6,8H2,1H3,(H,22,23). The number of rotatable bonds is 2. The van der Waals surface area contributed by atoms with E-state index >= 15 is 0 Å². The number of hydrogen-bond acceptors (Lipinski definition) is 2. The molecule has 1 atom stereocenters. The van der Waals surface area contributed by atoms with E-state index in [2.05, 4.69) is 29.6 Å². The van der Waals surface area contributed by atoms with Gasteiger partial charge in [-0.15, -0.1) is 11.3 Å². The highest BCUT2D eigenvalue weighted by Crippen LogP contribution is 2.37. The number of hydrogen-bond donors (Lipinski definition) is 1. The van der Waals surface area contributed by atoms with E-state index in [1.54, 1.807) is 0 Å². The molecule has 0 saturated carbocycles. The summed E-state index contributed by atoms with van der Waals surface area (Å²) in [7, 11) is 0. The predicted octanol–water partition coefficient (Wildman–Crippen LogP) is 5.67. The van der Waals surface area contributed by atoms with Gasteiger partial charge in [0.05, 0.1) is 11.1 Å². The molecule has 1 aliphatic carbocycles. The summed E-state index contributed by atoms with van der Waals surface area (Å²) in [5.41, 5.74) is 3.76. The fourth-order valence-electron chi connectivity index (χ4n) is 3.45. The van der Waals surface area contributed by atoms with Crippen LogP contribution in [0.2, 0.25) is 5.02 Å². The Morgan fingerprint density at radius 2 is 2.08 bits per heavy atom. The third-order valence-corrected chi connectivity index (χ3v) is 6.32. The van der Waals surface area contributed by atoms with E-state index in [4.69, 9.17) is 11.6 Å². The Balaban J connectivity index is 1.65. The van der Waals surface area contributed by atoms with Crippen LogP contribution < -0.4 is 5.32 Å². The zero-order valence-electron chi connectivity index (χ0n) is 13.4. The van der Waals surface area contributed by atoms with Gasteiger partial charge in [0.2, 0.25) is 0 Å². The molecule has 0 aliphatic heterocycles. The molecule has 1 N–H and O–H groups in total. The molecule has 2 nitrogen and oxygen atoms in total. The van der Waals surface area contributed by atoms with Crippen LogP contribution in [-0.2, 0) is 6.42 Å². The summed E-state index contributed by atoms with van der Waals surface area (Å²) in [6.45, 7) is 2.05. The Kier molecular flexibility index (Phi) is 4.07. The molecule has 3 aromatic rings. The average molecular weight is 356 g/mol. The smallest absolute Gasteiger partial charge is 0.263 e. The van der Waals surface area contributed by atoms with Gasteiger partial charge in [0.15, 0.2) is 0 Å². The number of aryl methyl sites for hydroxylation is 2. The number of carbonyl (C=O) groups excluding carboxylic acids is 1. The van der Waals surface area contributed by atoms with Crippen molar-refractivity contribution in [3.05, 3.63) is 69.1 Å². The first-order valence-corrected chi connectivity index (χ1v) is 9.40. The van der Waals surface area contributed by atoms with E-state index in [1.807, 2.05) is 25.1 Å². The van der Waals surface area contributed by atoms with Crippen LogP contribution in [0.25, 0.3) is 10.1 Å². The maximum atomic E-state index is 12.8. The first-order valence-electron chi connectivity index (χ1n) is 8.21. The van der Waals surface area contributed by atoms with Crippen molar-refractivity contribution in [2.45, 2.75) is 32.2 Å². The molecule has 1 unspecified atom stereocenters. The van der Waals surface area contributed by atoms with Crippen LogP contribution in [0.4, 0.5) is 0 Å². The molecule has 4 heteroatoms. The van der Waals surface area contributed by atoms with Crippen LogP contribution in [0.5, 0.6) is 0 Å². The molecule has 24 heavy (non-hydrogen) atoms. The number of benzene rings is 2. The molecular formula is C20H18ClNOS. The van der Waals surface area contributed by atoms with Crippen molar-refractivity contribution in [2.75, 3.05) is 0 Å². The molecule has 0 bridgehead atoms. The summed E-state index contributed by atoms with van der Waals surface area (Å²) in [4.78, 5) is 13.4. The van der Waals surface area contributed by atoms with E-state index in [0.717, 1.165) is 29.3 Å². The van der Waals surface area contributed by atoms with Crippen molar-refractivity contribution in [1.82, 2.24) is 5.32 Å². The Bertz CT molecular complexity index is 931. The van der Waals surface area contributed by atoms with Gasteiger partial charge in [0.25, 0.3) is 5.91 Å². The van der Waals surface area contributed by atoms with Gasteiger partial charge in [-0.25, -0.2) is 0 Å². The Hall–Kier alpha value is -1.84. The summed E-state index contributed by atoms with van der Waals surface area (Å²) in [5, 5.41) is 4.72. The van der Waals surface area contributed by atoms with Gasteiger partial charge in [-0.1, -0.05) is 48.0 Å². The van der Waals surface area contributed by atoms with E-state index in [9.17, 15) is 4.79 Å². The summed E-state index contributed by atoms with van der Waals surface area (Å²) in [6, 6.07) is 14.6. The summed E-state index contributed by atoms with van der Waals surface area (Å²) in [6.07, 6.45) is 3.16. The maximum Gasteiger partial charge on any atom is 0.263 e. The van der Waals surface area contributed by atoms with Crippen LogP contribution in [0.15, 0.2) is 42.5 Å². The van der Waals surface area contributed by atoms with Crippen LogP contribution in [0.3, 0.4) is 0 Å². The van der Waals surface area contributed by atoms with E-state index in [1.165, 1.54) is 28.0 Å². The Morgan fingerprint density at radius 1 is 1.25 bits per heavy atom. The summed E-state index contributed by atoms with van der Waals surface area (Å²) in [5.74, 6) is -0.0689. The minimum Gasteiger partial charge on any atom is -0.344 e. The Morgan fingerprint density at radius 3 is 2.96 bits per heavy atom. The third-order valence-electron chi connectivity index (χ3n) is 4.67. The molecule has 1 aromatic heterocycles. The zero-order valence-corrected chi connectivity index (χ0v) is 15.0. The SMILES string of the molecule is Cc1ccc2c(Cl)c(C(=O)NC3CCCc4ccccc43)sc2c1. The van der Waals surface area contributed by atoms with Gasteiger partial charge >= 0.3 is 0 Å². The van der Waals surface area contributed by atoms with E-state index < -0.39 is 0 Å². The molecule has 0 fully saturated rings. The minimum atomic E-state index is -0.0689. The molecule has 122 valence electrons. The predicted molar refractivity (Wildman–Crippen MR) is 101 cm³/mol. The van der Waals surface area contributed by atoms with Crippen molar-refractivity contribution in [1.29, 1.82) is 0 Å². The second-order valence-electron chi connectivity index (χ2n) is 6.36. The second kappa shape index (κ2) is 6.23. The van der Waals surface area contributed by atoms with E-state index in [-0.39, 0.29) is 11.9 Å². The fraction of sp³-hybridized carbons (Fsp3) is 0.250. The first-order chi connectivity index (χ1) is 11.6. The minimum absolute atomic E-state index is 0.0689. The van der Waals surface area contributed by atoms with Gasteiger partial charge < -0.3 is 5.32 Å². The highest BCUT2D eigenvalue weighted by Gasteiger charge is 2.24. The van der Waals surface area contributed by atoms with E-state index in [0.29, 0.717) is 9.90 Å². The monoisotopic (exact) mass is 355 g/mol. The summed E-state index contributed by atoms with van der Waals surface area (Å²) >= 11 is 7.94. The molecule has 0 saturated heterocycles. The van der Waals surface area contributed by atoms with Gasteiger partial charge in [-0.05, 0) is 48.9 Å². The highest BCUT2D eigenvalue weighted by atomic mass is 35.5. The molecule has 1 heterocycles. The lowest BCUT2D eigenvalue weighted by Gasteiger charge is -2.26. The van der Waals surface area contributed by atoms with Crippen molar-refractivity contribution in [2.24, 2.45) is 0 Å². The van der Waals surface area contributed by atoms with Gasteiger partial charge in [0.1, 0.15) is 4.88 Å². The van der Waals surface area contributed by atoms with Crippen molar-refractivity contribution < 1.29 is 4.79 Å². The average Bonchev–Trinajstić information content (AvgIpc) is 2.91.